The van der Waals surface area contributed by atoms with Gasteiger partial charge < -0.3 is 5.73 Å². The molecule has 2 nitrogen and oxygen atoms in total. The lowest BCUT2D eigenvalue weighted by Crippen LogP contribution is -2.07. The van der Waals surface area contributed by atoms with E-state index < -0.39 is 0 Å². The number of hydrogen-bond donors (Lipinski definition) is 1. The molecule has 0 heterocycles. The maximum atomic E-state index is 5.43. The van der Waals surface area contributed by atoms with Crippen LogP contribution in [0.15, 0.2) is 17.1 Å². The molecule has 0 aromatic carbocycles. The van der Waals surface area contributed by atoms with E-state index in [1.807, 2.05) is 19.1 Å². The van der Waals surface area contributed by atoms with Crippen LogP contribution in [0.1, 0.15) is 20.3 Å². The van der Waals surface area contributed by atoms with Crippen molar-refractivity contribution >= 4 is 5.84 Å². The molecule has 0 aliphatic rings. The zero-order chi connectivity index (χ0) is 7.11. The molecule has 0 bridgehead atoms. The Hall–Kier alpha value is -0.790. The minimum absolute atomic E-state index is 0.624. The van der Waals surface area contributed by atoms with Crippen LogP contribution in [-0.2, 0) is 0 Å². The highest BCUT2D eigenvalue weighted by Gasteiger charge is 1.77. The highest BCUT2D eigenvalue weighted by atomic mass is 14.8. The third-order valence-electron chi connectivity index (χ3n) is 0.865. The van der Waals surface area contributed by atoms with E-state index in [0.29, 0.717) is 5.84 Å². The van der Waals surface area contributed by atoms with Crippen molar-refractivity contribution in [1.29, 1.82) is 0 Å². The Bertz CT molecular complexity index is 114. The molecule has 0 aliphatic heterocycles. The number of allylic oxidation sites excluding steroid dienone is 1. The number of hydrogen-bond acceptors (Lipinski definition) is 1. The maximum absolute atomic E-state index is 5.43. The minimum atomic E-state index is 0.624. The van der Waals surface area contributed by atoms with Crippen molar-refractivity contribution in [2.24, 2.45) is 10.7 Å². The Morgan fingerprint density at radius 1 is 1.56 bits per heavy atom. The van der Waals surface area contributed by atoms with Gasteiger partial charge in [-0.3, -0.25) is 4.99 Å². The molecule has 0 saturated carbocycles. The largest absolute Gasteiger partial charge is 0.384 e. The smallest absolute Gasteiger partial charge is 0.117 e. The molecule has 0 aromatic rings. The first-order valence-electron chi connectivity index (χ1n) is 3.27. The van der Waals surface area contributed by atoms with Gasteiger partial charge in [-0.2, -0.15) is 0 Å². The summed E-state index contributed by atoms with van der Waals surface area (Å²) in [6.45, 7) is 4.79. The van der Waals surface area contributed by atoms with Crippen LogP contribution in [0.3, 0.4) is 0 Å². The third-order valence-corrected chi connectivity index (χ3v) is 0.865. The summed E-state index contributed by atoms with van der Waals surface area (Å²) in [7, 11) is 0. The highest BCUT2D eigenvalue weighted by molar-refractivity contribution is 5.91. The lowest BCUT2D eigenvalue weighted by Gasteiger charge is -1.87. The van der Waals surface area contributed by atoms with Crippen LogP contribution in [0.25, 0.3) is 0 Å². The summed E-state index contributed by atoms with van der Waals surface area (Å²) in [5, 5.41) is 0. The molecule has 52 valence electrons. The van der Waals surface area contributed by atoms with Crippen LogP contribution in [-0.4, -0.2) is 12.4 Å². The average molecular weight is 126 g/mol. The normalized spacial score (nSPS) is 12.9. The molecule has 9 heavy (non-hydrogen) atoms. The van der Waals surface area contributed by atoms with Gasteiger partial charge in [0.05, 0.1) is 0 Å². The van der Waals surface area contributed by atoms with Crippen molar-refractivity contribution in [1.82, 2.24) is 0 Å². The maximum Gasteiger partial charge on any atom is 0.117 e. The van der Waals surface area contributed by atoms with E-state index in [-0.39, 0.29) is 0 Å². The van der Waals surface area contributed by atoms with E-state index in [4.69, 9.17) is 5.73 Å². The Morgan fingerprint density at radius 3 is 2.67 bits per heavy atom. The second kappa shape index (κ2) is 5.35. The van der Waals surface area contributed by atoms with E-state index >= 15 is 0 Å². The minimum Gasteiger partial charge on any atom is -0.384 e. The summed E-state index contributed by atoms with van der Waals surface area (Å²) >= 11 is 0. The van der Waals surface area contributed by atoms with Crippen LogP contribution >= 0.6 is 0 Å². The van der Waals surface area contributed by atoms with E-state index in [1.165, 1.54) is 0 Å². The highest BCUT2D eigenvalue weighted by Crippen LogP contribution is 1.79. The Labute approximate surface area is 56.5 Å². The van der Waals surface area contributed by atoms with Crippen LogP contribution in [0, 0.1) is 0 Å². The predicted octanol–water partition coefficient (Wildman–Crippen LogP) is 1.33. The molecular formula is C7H14N2. The van der Waals surface area contributed by atoms with Crippen molar-refractivity contribution in [2.75, 3.05) is 6.54 Å². The fourth-order valence-corrected chi connectivity index (χ4v) is 0.474. The SMILES string of the molecule is CC/C=C\C(N)=NCC. The molecule has 0 saturated heterocycles. The number of aliphatic imine (C=N–C) groups is 1. The summed E-state index contributed by atoms with van der Waals surface area (Å²) < 4.78 is 0. The molecule has 0 unspecified atom stereocenters. The molecule has 0 amide bonds. The summed E-state index contributed by atoms with van der Waals surface area (Å²) in [4.78, 5) is 3.97. The van der Waals surface area contributed by atoms with Crippen molar-refractivity contribution in [3.63, 3.8) is 0 Å². The summed E-state index contributed by atoms with van der Waals surface area (Å²) in [5.41, 5.74) is 5.43. The Morgan fingerprint density at radius 2 is 2.22 bits per heavy atom. The van der Waals surface area contributed by atoms with Gasteiger partial charge in [0, 0.05) is 6.54 Å². The summed E-state index contributed by atoms with van der Waals surface area (Å²) in [6, 6.07) is 0. The van der Waals surface area contributed by atoms with Gasteiger partial charge in [0.1, 0.15) is 5.84 Å². The van der Waals surface area contributed by atoms with E-state index in [9.17, 15) is 0 Å². The molecule has 0 atom stereocenters. The van der Waals surface area contributed by atoms with Crippen LogP contribution < -0.4 is 5.73 Å². The number of amidine groups is 1. The quantitative estimate of drug-likeness (QED) is 0.449. The molecule has 2 N–H and O–H groups in total. The lowest BCUT2D eigenvalue weighted by molar-refractivity contribution is 1.12. The molecule has 0 fully saturated rings. The van der Waals surface area contributed by atoms with E-state index in [0.717, 1.165) is 13.0 Å². The zero-order valence-electron chi connectivity index (χ0n) is 6.09. The standard InChI is InChI=1S/C7H14N2/c1-3-5-6-7(8)9-4-2/h5-6H,3-4H2,1-2H3,(H2,8,9)/b6-5-. The zero-order valence-corrected chi connectivity index (χ0v) is 6.09. The van der Waals surface area contributed by atoms with Crippen molar-refractivity contribution in [3.8, 4) is 0 Å². The third kappa shape index (κ3) is 5.07. The van der Waals surface area contributed by atoms with Gasteiger partial charge in [0.25, 0.3) is 0 Å². The fraction of sp³-hybridized carbons (Fsp3) is 0.571. The predicted molar refractivity (Wildman–Crippen MR) is 41.6 cm³/mol. The first kappa shape index (κ1) is 8.21. The summed E-state index contributed by atoms with van der Waals surface area (Å²) in [6.07, 6.45) is 4.85. The number of nitrogens with zero attached hydrogens (tertiary/aromatic N) is 1. The van der Waals surface area contributed by atoms with Gasteiger partial charge in [0.15, 0.2) is 0 Å². The second-order valence-corrected chi connectivity index (χ2v) is 1.71. The molecular weight excluding hydrogens is 112 g/mol. The van der Waals surface area contributed by atoms with Crippen LogP contribution in [0.2, 0.25) is 0 Å². The van der Waals surface area contributed by atoms with E-state index in [1.54, 1.807) is 0 Å². The van der Waals surface area contributed by atoms with Gasteiger partial charge >= 0.3 is 0 Å². The summed E-state index contributed by atoms with van der Waals surface area (Å²) in [5.74, 6) is 0.624. The van der Waals surface area contributed by atoms with Gasteiger partial charge in [-0.05, 0) is 19.4 Å². The van der Waals surface area contributed by atoms with Gasteiger partial charge in [-0.1, -0.05) is 13.0 Å². The van der Waals surface area contributed by atoms with Crippen molar-refractivity contribution < 1.29 is 0 Å². The van der Waals surface area contributed by atoms with Gasteiger partial charge in [0.2, 0.25) is 0 Å². The van der Waals surface area contributed by atoms with Crippen molar-refractivity contribution in [2.45, 2.75) is 20.3 Å². The Kier molecular flexibility index (Phi) is 4.88. The first-order valence-corrected chi connectivity index (χ1v) is 3.27. The molecule has 0 aromatic heterocycles. The van der Waals surface area contributed by atoms with Crippen LogP contribution in [0.5, 0.6) is 0 Å². The second-order valence-electron chi connectivity index (χ2n) is 1.71. The first-order chi connectivity index (χ1) is 4.31. The lowest BCUT2D eigenvalue weighted by atomic mass is 10.4. The van der Waals surface area contributed by atoms with Gasteiger partial charge in [-0.15, -0.1) is 0 Å². The number of nitrogens with two attached hydrogens (primary N) is 1. The van der Waals surface area contributed by atoms with E-state index in [2.05, 4.69) is 11.9 Å². The molecule has 0 aliphatic carbocycles. The molecule has 0 radical (unpaired) electrons. The topological polar surface area (TPSA) is 38.4 Å². The molecule has 0 spiro atoms. The number of rotatable bonds is 3. The fourth-order valence-electron chi connectivity index (χ4n) is 0.474. The van der Waals surface area contributed by atoms with Gasteiger partial charge in [-0.25, -0.2) is 0 Å². The van der Waals surface area contributed by atoms with Crippen molar-refractivity contribution in [3.05, 3.63) is 12.2 Å². The Balaban J connectivity index is 3.60. The average Bonchev–Trinajstić information content (AvgIpc) is 1.85. The molecule has 0 rings (SSSR count). The van der Waals surface area contributed by atoms with Crippen LogP contribution in [0.4, 0.5) is 0 Å². The molecule has 2 heteroatoms. The monoisotopic (exact) mass is 126 g/mol.